The largest absolute Gasteiger partial charge is 0.497 e. The molecule has 1 aromatic carbocycles. The highest BCUT2D eigenvalue weighted by molar-refractivity contribution is 8.00. The monoisotopic (exact) mass is 370 g/mol. The summed E-state index contributed by atoms with van der Waals surface area (Å²) in [5, 5.41) is 2.99. The molecule has 2 rings (SSSR count). The molecule has 0 spiro atoms. The van der Waals surface area contributed by atoms with Gasteiger partial charge in [-0.15, -0.1) is 11.8 Å². The van der Waals surface area contributed by atoms with Gasteiger partial charge in [0.15, 0.2) is 10.7 Å². The fourth-order valence-corrected chi connectivity index (χ4v) is 4.36. The van der Waals surface area contributed by atoms with Crippen molar-refractivity contribution in [1.29, 1.82) is 0 Å². The molecule has 0 bridgehead atoms. The van der Waals surface area contributed by atoms with Crippen LogP contribution in [-0.4, -0.2) is 31.8 Å². The molecule has 9 heteroatoms. The number of ether oxygens (including phenoxy) is 1. The van der Waals surface area contributed by atoms with Crippen LogP contribution in [0.1, 0.15) is 18.4 Å². The van der Waals surface area contributed by atoms with E-state index in [1.165, 1.54) is 25.6 Å². The van der Waals surface area contributed by atoms with E-state index < -0.39 is 21.2 Å². The van der Waals surface area contributed by atoms with E-state index in [1.54, 1.807) is 38.3 Å². The van der Waals surface area contributed by atoms with E-state index in [0.717, 1.165) is 4.90 Å². The number of carbonyl (C=O) groups excluding carboxylic acids is 1. The van der Waals surface area contributed by atoms with Crippen molar-refractivity contribution >= 4 is 27.7 Å². The van der Waals surface area contributed by atoms with Crippen molar-refractivity contribution in [2.24, 2.45) is 0 Å². The van der Waals surface area contributed by atoms with Crippen LogP contribution >= 0.6 is 11.8 Å². The van der Waals surface area contributed by atoms with Crippen LogP contribution in [0.4, 0.5) is 0 Å². The second-order valence-electron chi connectivity index (χ2n) is 5.06. The van der Waals surface area contributed by atoms with Gasteiger partial charge < -0.3 is 9.26 Å². The molecule has 7 nitrogen and oxygen atoms in total. The Hall–Kier alpha value is -2.00. The number of nitrogens with one attached hydrogen (secondary N) is 1. The number of amides is 1. The van der Waals surface area contributed by atoms with E-state index in [4.69, 9.17) is 9.26 Å². The van der Waals surface area contributed by atoms with E-state index in [1.807, 2.05) is 0 Å². The average molecular weight is 370 g/mol. The standard InChI is InChI=1S/C15H18N2O5S2/c1-9-14(10(2)22-16-9)24(19,20)17-15(18)11(3)23-13-7-5-12(21-4)6-8-13/h5-8,11H,1-4H3,(H,17,18)/t11-/m1/s1. The quantitative estimate of drug-likeness (QED) is 0.779. The Morgan fingerprint density at radius 3 is 2.42 bits per heavy atom. The molecule has 0 saturated heterocycles. The number of sulfonamides is 1. The van der Waals surface area contributed by atoms with E-state index in [0.29, 0.717) is 5.75 Å². The average Bonchev–Trinajstić information content (AvgIpc) is 2.87. The maximum Gasteiger partial charge on any atom is 0.269 e. The van der Waals surface area contributed by atoms with Crippen LogP contribution in [-0.2, 0) is 14.8 Å². The Morgan fingerprint density at radius 1 is 1.29 bits per heavy atom. The van der Waals surface area contributed by atoms with Gasteiger partial charge in [-0.25, -0.2) is 13.1 Å². The molecule has 0 radical (unpaired) electrons. The van der Waals surface area contributed by atoms with Gasteiger partial charge in [-0.1, -0.05) is 5.16 Å². The van der Waals surface area contributed by atoms with Crippen LogP contribution in [0, 0.1) is 13.8 Å². The molecule has 1 amide bonds. The summed E-state index contributed by atoms with van der Waals surface area (Å²) < 4.78 is 36.6. The zero-order valence-electron chi connectivity index (χ0n) is 13.7. The number of rotatable bonds is 6. The maximum absolute atomic E-state index is 12.3. The highest BCUT2D eigenvalue weighted by Gasteiger charge is 2.28. The molecule has 130 valence electrons. The number of thioether (sulfide) groups is 1. The van der Waals surface area contributed by atoms with Gasteiger partial charge in [0.05, 0.1) is 12.4 Å². The molecule has 0 aliphatic carbocycles. The minimum absolute atomic E-state index is 0.0995. The van der Waals surface area contributed by atoms with Crippen LogP contribution in [0.25, 0.3) is 0 Å². The number of carbonyl (C=O) groups is 1. The number of hydrogen-bond acceptors (Lipinski definition) is 7. The Bertz CT molecular complexity index is 809. The molecule has 2 aromatic rings. The summed E-state index contributed by atoms with van der Waals surface area (Å²) in [7, 11) is -2.45. The van der Waals surface area contributed by atoms with Crippen molar-refractivity contribution in [2.75, 3.05) is 7.11 Å². The van der Waals surface area contributed by atoms with Crippen molar-refractivity contribution in [2.45, 2.75) is 35.8 Å². The van der Waals surface area contributed by atoms with Gasteiger partial charge in [0.25, 0.3) is 10.0 Å². The predicted octanol–water partition coefficient (Wildman–Crippen LogP) is 2.29. The summed E-state index contributed by atoms with van der Waals surface area (Å²) in [5.74, 6) is 0.233. The molecule has 0 saturated carbocycles. The van der Waals surface area contributed by atoms with Crippen molar-refractivity contribution < 1.29 is 22.5 Å². The number of methoxy groups -OCH3 is 1. The smallest absolute Gasteiger partial charge is 0.269 e. The number of aryl methyl sites for hydroxylation is 2. The van der Waals surface area contributed by atoms with Crippen LogP contribution in [0.5, 0.6) is 5.75 Å². The van der Waals surface area contributed by atoms with Crippen molar-refractivity contribution in [3.05, 3.63) is 35.7 Å². The molecule has 0 aliphatic heterocycles. The van der Waals surface area contributed by atoms with Gasteiger partial charge in [-0.2, -0.15) is 0 Å². The summed E-state index contributed by atoms with van der Waals surface area (Å²) in [6.45, 7) is 4.62. The number of nitrogens with zero attached hydrogens (tertiary/aromatic N) is 1. The molecule has 1 N–H and O–H groups in total. The molecular weight excluding hydrogens is 352 g/mol. The third-order valence-corrected chi connectivity index (χ3v) is 5.92. The Kier molecular flexibility index (Phi) is 5.55. The van der Waals surface area contributed by atoms with Crippen LogP contribution in [0.2, 0.25) is 0 Å². The first-order chi connectivity index (χ1) is 11.2. The van der Waals surface area contributed by atoms with Crippen LogP contribution in [0.15, 0.2) is 38.6 Å². The first-order valence-electron chi connectivity index (χ1n) is 7.05. The fraction of sp³-hybridized carbons (Fsp3) is 0.333. The van der Waals surface area contributed by atoms with E-state index in [2.05, 4.69) is 9.88 Å². The van der Waals surface area contributed by atoms with Crippen molar-refractivity contribution in [3.63, 3.8) is 0 Å². The lowest BCUT2D eigenvalue weighted by atomic mass is 10.3. The van der Waals surface area contributed by atoms with E-state index >= 15 is 0 Å². The van der Waals surface area contributed by atoms with Gasteiger partial charge in [0.1, 0.15) is 11.4 Å². The van der Waals surface area contributed by atoms with Crippen molar-refractivity contribution in [1.82, 2.24) is 9.88 Å². The first kappa shape index (κ1) is 18.3. The number of hydrogen-bond donors (Lipinski definition) is 1. The second kappa shape index (κ2) is 7.27. The topological polar surface area (TPSA) is 98.5 Å². The van der Waals surface area contributed by atoms with E-state index in [-0.39, 0.29) is 16.3 Å². The summed E-state index contributed by atoms with van der Waals surface area (Å²) in [6, 6.07) is 7.15. The molecule has 1 aromatic heterocycles. The lowest BCUT2D eigenvalue weighted by Crippen LogP contribution is -2.36. The van der Waals surface area contributed by atoms with Crippen molar-refractivity contribution in [3.8, 4) is 5.75 Å². The van der Waals surface area contributed by atoms with Gasteiger partial charge in [0.2, 0.25) is 5.91 Å². The Morgan fingerprint density at radius 2 is 1.92 bits per heavy atom. The molecule has 24 heavy (non-hydrogen) atoms. The lowest BCUT2D eigenvalue weighted by Gasteiger charge is -2.12. The Labute approximate surface area is 144 Å². The molecular formula is C15H18N2O5S2. The van der Waals surface area contributed by atoms with Gasteiger partial charge >= 0.3 is 0 Å². The number of aromatic nitrogens is 1. The first-order valence-corrected chi connectivity index (χ1v) is 9.41. The number of benzene rings is 1. The highest BCUT2D eigenvalue weighted by Crippen LogP contribution is 2.26. The minimum atomic E-state index is -4.01. The van der Waals surface area contributed by atoms with Gasteiger partial charge in [0, 0.05) is 4.90 Å². The van der Waals surface area contributed by atoms with Gasteiger partial charge in [-0.3, -0.25) is 4.79 Å². The van der Waals surface area contributed by atoms with Crippen LogP contribution in [0.3, 0.4) is 0 Å². The van der Waals surface area contributed by atoms with Gasteiger partial charge in [-0.05, 0) is 45.0 Å². The summed E-state index contributed by atoms with van der Waals surface area (Å²) >= 11 is 1.25. The minimum Gasteiger partial charge on any atom is -0.497 e. The molecule has 1 heterocycles. The summed E-state index contributed by atoms with van der Waals surface area (Å²) in [4.78, 5) is 12.9. The molecule has 0 fully saturated rings. The highest BCUT2D eigenvalue weighted by atomic mass is 32.2. The third kappa shape index (κ3) is 4.09. The molecule has 1 atom stereocenters. The lowest BCUT2D eigenvalue weighted by molar-refractivity contribution is -0.118. The normalized spacial score (nSPS) is 12.7. The van der Waals surface area contributed by atoms with E-state index in [9.17, 15) is 13.2 Å². The third-order valence-electron chi connectivity index (χ3n) is 3.21. The zero-order valence-corrected chi connectivity index (χ0v) is 15.3. The Balaban J connectivity index is 2.08. The maximum atomic E-state index is 12.3. The predicted molar refractivity (Wildman–Crippen MR) is 89.6 cm³/mol. The summed E-state index contributed by atoms with van der Waals surface area (Å²) in [5.41, 5.74) is 0.211. The summed E-state index contributed by atoms with van der Waals surface area (Å²) in [6.07, 6.45) is 0. The molecule has 0 unspecified atom stereocenters. The SMILES string of the molecule is COc1ccc(S[C@H](C)C(=O)NS(=O)(=O)c2c(C)noc2C)cc1. The second-order valence-corrected chi connectivity index (χ2v) is 8.09. The molecule has 0 aliphatic rings. The fourth-order valence-electron chi connectivity index (χ4n) is 2.04. The zero-order chi connectivity index (χ0) is 17.9. The van der Waals surface area contributed by atoms with Crippen LogP contribution < -0.4 is 9.46 Å².